The minimum absolute atomic E-state index is 0.334. The number of esters is 1. The summed E-state index contributed by atoms with van der Waals surface area (Å²) in [6.45, 7) is 2.70. The first-order valence-electron chi connectivity index (χ1n) is 11.0. The SMILES string of the molecule is CCCCCCCCCCCCOC(=O)c1ccc(Oc2ccccc2)c(N)c1. The number of hydrogen-bond donors (Lipinski definition) is 1. The molecule has 2 N–H and O–H groups in total. The average molecular weight is 398 g/mol. The molecule has 2 aromatic rings. The van der Waals surface area contributed by atoms with E-state index < -0.39 is 0 Å². The van der Waals surface area contributed by atoms with Gasteiger partial charge in [-0.05, 0) is 36.8 Å². The van der Waals surface area contributed by atoms with Gasteiger partial charge in [-0.1, -0.05) is 82.9 Å². The highest BCUT2D eigenvalue weighted by atomic mass is 16.5. The van der Waals surface area contributed by atoms with Gasteiger partial charge in [-0.25, -0.2) is 4.79 Å². The first-order valence-corrected chi connectivity index (χ1v) is 11.0. The highest BCUT2D eigenvalue weighted by Gasteiger charge is 2.10. The highest BCUT2D eigenvalue weighted by molar-refractivity contribution is 5.91. The molecule has 0 aliphatic carbocycles. The molecule has 0 aliphatic rings. The topological polar surface area (TPSA) is 61.5 Å². The quantitative estimate of drug-likeness (QED) is 0.209. The number of benzene rings is 2. The van der Waals surface area contributed by atoms with E-state index in [9.17, 15) is 4.79 Å². The van der Waals surface area contributed by atoms with E-state index in [0.717, 1.165) is 12.8 Å². The van der Waals surface area contributed by atoms with Gasteiger partial charge in [0.2, 0.25) is 0 Å². The predicted molar refractivity (Wildman–Crippen MR) is 119 cm³/mol. The van der Waals surface area contributed by atoms with Crippen molar-refractivity contribution < 1.29 is 14.3 Å². The molecule has 29 heavy (non-hydrogen) atoms. The Balaban J connectivity index is 1.61. The third-order valence-corrected chi connectivity index (χ3v) is 4.95. The number of carbonyl (C=O) groups excluding carboxylic acids is 1. The standard InChI is InChI=1S/C25H35NO3/c1-2-3-4-5-6-7-8-9-10-14-19-28-25(27)21-17-18-24(23(26)20-21)29-22-15-12-11-13-16-22/h11-13,15-18,20H,2-10,14,19,26H2,1H3. The normalized spacial score (nSPS) is 10.7. The van der Waals surface area contributed by atoms with Gasteiger partial charge in [0.15, 0.2) is 0 Å². The molecular formula is C25H35NO3. The van der Waals surface area contributed by atoms with Crippen LogP contribution in [-0.2, 0) is 4.74 Å². The molecule has 0 atom stereocenters. The van der Waals surface area contributed by atoms with Gasteiger partial charge in [0, 0.05) is 0 Å². The molecule has 0 radical (unpaired) electrons. The average Bonchev–Trinajstić information content (AvgIpc) is 2.74. The summed E-state index contributed by atoms with van der Waals surface area (Å²) in [4.78, 5) is 12.2. The molecule has 0 heterocycles. The van der Waals surface area contributed by atoms with Gasteiger partial charge in [-0.2, -0.15) is 0 Å². The largest absolute Gasteiger partial charge is 0.462 e. The Morgan fingerprint density at radius 1 is 0.828 bits per heavy atom. The van der Waals surface area contributed by atoms with Crippen LogP contribution in [0.1, 0.15) is 81.5 Å². The number of rotatable bonds is 14. The molecule has 0 fully saturated rings. The number of anilines is 1. The summed E-state index contributed by atoms with van der Waals surface area (Å²) < 4.78 is 11.1. The Morgan fingerprint density at radius 3 is 2.07 bits per heavy atom. The first-order chi connectivity index (χ1) is 14.2. The molecule has 0 saturated carbocycles. The van der Waals surface area contributed by atoms with Crippen LogP contribution in [0.15, 0.2) is 48.5 Å². The maximum Gasteiger partial charge on any atom is 0.338 e. The molecule has 0 aromatic heterocycles. The fourth-order valence-electron chi connectivity index (χ4n) is 3.22. The molecule has 4 nitrogen and oxygen atoms in total. The van der Waals surface area contributed by atoms with E-state index in [1.165, 1.54) is 51.4 Å². The van der Waals surface area contributed by atoms with Crippen LogP contribution in [0.3, 0.4) is 0 Å². The third-order valence-electron chi connectivity index (χ3n) is 4.95. The molecular weight excluding hydrogens is 362 g/mol. The predicted octanol–water partition coefficient (Wildman–Crippen LogP) is 7.14. The number of carbonyl (C=O) groups is 1. The fraction of sp³-hybridized carbons (Fsp3) is 0.480. The van der Waals surface area contributed by atoms with Gasteiger partial charge >= 0.3 is 5.97 Å². The second-order valence-electron chi connectivity index (χ2n) is 7.49. The molecule has 0 aliphatic heterocycles. The minimum atomic E-state index is -0.334. The van der Waals surface area contributed by atoms with Crippen molar-refractivity contribution in [3.8, 4) is 11.5 Å². The second-order valence-corrected chi connectivity index (χ2v) is 7.49. The highest BCUT2D eigenvalue weighted by Crippen LogP contribution is 2.28. The van der Waals surface area contributed by atoms with Gasteiger partial charge < -0.3 is 15.2 Å². The maximum atomic E-state index is 12.2. The van der Waals surface area contributed by atoms with Crippen molar-refractivity contribution in [2.75, 3.05) is 12.3 Å². The van der Waals surface area contributed by atoms with E-state index in [2.05, 4.69) is 6.92 Å². The van der Waals surface area contributed by atoms with Gasteiger partial charge in [-0.15, -0.1) is 0 Å². The lowest BCUT2D eigenvalue weighted by atomic mass is 10.1. The Labute approximate surface area is 175 Å². The van der Waals surface area contributed by atoms with Crippen LogP contribution in [0.25, 0.3) is 0 Å². The van der Waals surface area contributed by atoms with Crippen LogP contribution < -0.4 is 10.5 Å². The van der Waals surface area contributed by atoms with Gasteiger partial charge in [0.05, 0.1) is 17.9 Å². The van der Waals surface area contributed by atoms with E-state index in [1.807, 2.05) is 30.3 Å². The van der Waals surface area contributed by atoms with Crippen LogP contribution in [0, 0.1) is 0 Å². The summed E-state index contributed by atoms with van der Waals surface area (Å²) in [6, 6.07) is 14.4. The van der Waals surface area contributed by atoms with Crippen molar-refractivity contribution in [1.82, 2.24) is 0 Å². The molecule has 158 valence electrons. The van der Waals surface area contributed by atoms with Crippen molar-refractivity contribution in [1.29, 1.82) is 0 Å². The third kappa shape index (κ3) is 9.03. The number of unbranched alkanes of at least 4 members (excludes halogenated alkanes) is 9. The summed E-state index contributed by atoms with van der Waals surface area (Å²) >= 11 is 0. The number of hydrogen-bond acceptors (Lipinski definition) is 4. The summed E-state index contributed by atoms with van der Waals surface area (Å²) in [5, 5.41) is 0. The second kappa shape index (κ2) is 13.6. The Kier molecular flexibility index (Phi) is 10.7. The van der Waals surface area contributed by atoms with Crippen LogP contribution >= 0.6 is 0 Å². The Morgan fingerprint density at radius 2 is 1.45 bits per heavy atom. The molecule has 2 rings (SSSR count). The minimum Gasteiger partial charge on any atom is -0.462 e. The summed E-state index contributed by atoms with van der Waals surface area (Å²) in [6.07, 6.45) is 12.6. The van der Waals surface area contributed by atoms with E-state index in [0.29, 0.717) is 29.4 Å². The number of para-hydroxylation sites is 1. The van der Waals surface area contributed by atoms with Crippen molar-refractivity contribution in [2.24, 2.45) is 0 Å². The zero-order valence-electron chi connectivity index (χ0n) is 17.7. The van der Waals surface area contributed by atoms with Crippen LogP contribution in [0.4, 0.5) is 5.69 Å². The molecule has 0 saturated heterocycles. The van der Waals surface area contributed by atoms with E-state index in [1.54, 1.807) is 18.2 Å². The van der Waals surface area contributed by atoms with Crippen LogP contribution in [0.2, 0.25) is 0 Å². The van der Waals surface area contributed by atoms with Crippen molar-refractivity contribution >= 4 is 11.7 Å². The molecule has 0 unspecified atom stereocenters. The van der Waals surface area contributed by atoms with E-state index >= 15 is 0 Å². The van der Waals surface area contributed by atoms with Crippen LogP contribution in [-0.4, -0.2) is 12.6 Å². The zero-order chi connectivity index (χ0) is 20.7. The van der Waals surface area contributed by atoms with Crippen molar-refractivity contribution in [2.45, 2.75) is 71.1 Å². The van der Waals surface area contributed by atoms with E-state index in [4.69, 9.17) is 15.2 Å². The summed E-state index contributed by atoms with van der Waals surface area (Å²) in [5.74, 6) is 0.900. The lowest BCUT2D eigenvalue weighted by Crippen LogP contribution is -2.07. The van der Waals surface area contributed by atoms with Gasteiger partial charge in [0.1, 0.15) is 11.5 Å². The van der Waals surface area contributed by atoms with Crippen molar-refractivity contribution in [3.05, 3.63) is 54.1 Å². The number of nitrogen functional groups attached to an aromatic ring is 1. The number of nitrogens with two attached hydrogens (primary N) is 1. The maximum absolute atomic E-state index is 12.2. The molecule has 2 aromatic carbocycles. The first kappa shape index (κ1) is 22.8. The van der Waals surface area contributed by atoms with Gasteiger partial charge in [0.25, 0.3) is 0 Å². The zero-order valence-corrected chi connectivity index (χ0v) is 17.7. The lowest BCUT2D eigenvalue weighted by Gasteiger charge is -2.10. The Hall–Kier alpha value is -2.49. The summed E-state index contributed by atoms with van der Waals surface area (Å²) in [5.41, 5.74) is 6.91. The van der Waals surface area contributed by atoms with Crippen LogP contribution in [0.5, 0.6) is 11.5 Å². The summed E-state index contributed by atoms with van der Waals surface area (Å²) in [7, 11) is 0. The molecule has 0 amide bonds. The monoisotopic (exact) mass is 397 g/mol. The molecule has 0 bridgehead atoms. The molecule has 4 heteroatoms. The number of ether oxygens (including phenoxy) is 2. The van der Waals surface area contributed by atoms with Gasteiger partial charge in [-0.3, -0.25) is 0 Å². The smallest absolute Gasteiger partial charge is 0.338 e. The van der Waals surface area contributed by atoms with Crippen molar-refractivity contribution in [3.63, 3.8) is 0 Å². The molecule has 0 spiro atoms. The van der Waals surface area contributed by atoms with E-state index in [-0.39, 0.29) is 5.97 Å². The lowest BCUT2D eigenvalue weighted by molar-refractivity contribution is 0.0497. The fourth-order valence-corrected chi connectivity index (χ4v) is 3.22. The Bertz CT molecular complexity index is 715.